The maximum absolute atomic E-state index is 12.5. The number of hydrogen-bond acceptors (Lipinski definition) is 3. The summed E-state index contributed by atoms with van der Waals surface area (Å²) in [4.78, 5) is 0. The Hall–Kier alpha value is -1.15. The molecule has 1 unspecified atom stereocenters. The third kappa shape index (κ3) is 3.97. The minimum Gasteiger partial charge on any atom is -0.373 e. The van der Waals surface area contributed by atoms with Crippen molar-refractivity contribution < 1.29 is 22.3 Å². The van der Waals surface area contributed by atoms with Crippen LogP contribution in [-0.4, -0.2) is 35.3 Å². The molecule has 1 aromatic heterocycles. The summed E-state index contributed by atoms with van der Waals surface area (Å²) in [5, 5.41) is 3.84. The van der Waals surface area contributed by atoms with Gasteiger partial charge in [-0.05, 0) is 0 Å². The van der Waals surface area contributed by atoms with Crippen LogP contribution in [-0.2, 0) is 11.8 Å². The van der Waals surface area contributed by atoms with Crippen LogP contribution in [0.5, 0.6) is 0 Å². The van der Waals surface area contributed by atoms with Crippen LogP contribution in [0.3, 0.4) is 0 Å². The first kappa shape index (κ1) is 13.9. The zero-order valence-electron chi connectivity index (χ0n) is 9.12. The highest BCUT2D eigenvalue weighted by molar-refractivity contribution is 5.09. The van der Waals surface area contributed by atoms with Crippen LogP contribution in [0.1, 0.15) is 11.6 Å². The minimum absolute atomic E-state index is 0.270. The second-order valence-corrected chi connectivity index (χ2v) is 3.63. The molecule has 0 bridgehead atoms. The number of nitrogens with zero attached hydrogens (tertiary/aromatic N) is 2. The molecule has 0 aliphatic carbocycles. The number of nitrogens with two attached hydrogens (primary N) is 1. The Balaban J connectivity index is 2.37. The number of aryl methyl sites for hydroxylation is 1. The first-order valence-corrected chi connectivity index (χ1v) is 4.81. The standard InChI is InChI=1S/C9H13F4N3O/c1-16-3-6(2-15-16)7(14)4-17-5-9(12,13)8(10)11/h2-3,7-8H,4-5,14H2,1H3. The van der Waals surface area contributed by atoms with Crippen LogP contribution in [0.15, 0.2) is 12.4 Å². The molecule has 1 atom stereocenters. The van der Waals surface area contributed by atoms with E-state index in [9.17, 15) is 17.6 Å². The van der Waals surface area contributed by atoms with Crippen molar-refractivity contribution in [2.24, 2.45) is 12.8 Å². The fourth-order valence-electron chi connectivity index (χ4n) is 1.11. The van der Waals surface area contributed by atoms with E-state index in [1.54, 1.807) is 13.2 Å². The number of halogens is 4. The van der Waals surface area contributed by atoms with Crippen LogP contribution in [0, 0.1) is 0 Å². The summed E-state index contributed by atoms with van der Waals surface area (Å²) in [7, 11) is 1.67. The summed E-state index contributed by atoms with van der Waals surface area (Å²) in [6.07, 6.45) is -0.685. The van der Waals surface area contributed by atoms with Gasteiger partial charge in [-0.2, -0.15) is 13.9 Å². The first-order valence-electron chi connectivity index (χ1n) is 4.81. The number of aromatic nitrogens is 2. The molecule has 17 heavy (non-hydrogen) atoms. The molecule has 0 aliphatic rings. The predicted octanol–water partition coefficient (Wildman–Crippen LogP) is 1.34. The summed E-state index contributed by atoms with van der Waals surface area (Å²) in [5.74, 6) is -4.14. The second kappa shape index (κ2) is 5.46. The van der Waals surface area contributed by atoms with Crippen molar-refractivity contribution >= 4 is 0 Å². The number of alkyl halides is 4. The molecule has 8 heteroatoms. The molecule has 0 saturated heterocycles. The van der Waals surface area contributed by atoms with Gasteiger partial charge in [0.1, 0.15) is 6.61 Å². The minimum atomic E-state index is -4.14. The van der Waals surface area contributed by atoms with Gasteiger partial charge in [0, 0.05) is 18.8 Å². The van der Waals surface area contributed by atoms with Crippen LogP contribution in [0.25, 0.3) is 0 Å². The third-order valence-corrected chi connectivity index (χ3v) is 2.06. The van der Waals surface area contributed by atoms with Crippen LogP contribution >= 0.6 is 0 Å². The molecular weight excluding hydrogens is 242 g/mol. The fourth-order valence-corrected chi connectivity index (χ4v) is 1.11. The Labute approximate surface area is 95.3 Å². The van der Waals surface area contributed by atoms with Crippen molar-refractivity contribution in [1.29, 1.82) is 0 Å². The van der Waals surface area contributed by atoms with E-state index >= 15 is 0 Å². The van der Waals surface area contributed by atoms with Gasteiger partial charge in [0.15, 0.2) is 0 Å². The zero-order valence-corrected chi connectivity index (χ0v) is 9.12. The third-order valence-electron chi connectivity index (χ3n) is 2.06. The van der Waals surface area contributed by atoms with Crippen molar-refractivity contribution in [3.05, 3.63) is 18.0 Å². The summed E-state index contributed by atoms with van der Waals surface area (Å²) < 4.78 is 54.5. The van der Waals surface area contributed by atoms with Gasteiger partial charge < -0.3 is 10.5 Å². The molecule has 1 heterocycles. The molecule has 0 amide bonds. The second-order valence-electron chi connectivity index (χ2n) is 3.63. The van der Waals surface area contributed by atoms with E-state index in [-0.39, 0.29) is 6.61 Å². The van der Waals surface area contributed by atoms with E-state index in [0.717, 1.165) is 0 Å². The average Bonchev–Trinajstić information content (AvgIpc) is 2.64. The SMILES string of the molecule is Cn1cc(C(N)COCC(F)(F)C(F)F)cn1. The van der Waals surface area contributed by atoms with Gasteiger partial charge in [-0.3, -0.25) is 4.68 Å². The van der Waals surface area contributed by atoms with Crippen LogP contribution < -0.4 is 5.73 Å². The van der Waals surface area contributed by atoms with Gasteiger partial charge in [0.2, 0.25) is 0 Å². The van der Waals surface area contributed by atoms with E-state index < -0.39 is 25.0 Å². The quantitative estimate of drug-likeness (QED) is 0.780. The normalized spacial score (nSPS) is 14.3. The van der Waals surface area contributed by atoms with E-state index in [2.05, 4.69) is 9.84 Å². The number of hydrogen-bond donors (Lipinski definition) is 1. The molecule has 0 aliphatic heterocycles. The molecule has 4 nitrogen and oxygen atoms in total. The van der Waals surface area contributed by atoms with Crippen molar-refractivity contribution in [1.82, 2.24) is 9.78 Å². The smallest absolute Gasteiger partial charge is 0.330 e. The van der Waals surface area contributed by atoms with Gasteiger partial charge in [0.05, 0.1) is 18.8 Å². The number of rotatable bonds is 6. The summed E-state index contributed by atoms with van der Waals surface area (Å²) >= 11 is 0. The first-order chi connectivity index (χ1) is 7.83. The van der Waals surface area contributed by atoms with Gasteiger partial charge >= 0.3 is 12.3 Å². The highest BCUT2D eigenvalue weighted by Crippen LogP contribution is 2.23. The van der Waals surface area contributed by atoms with E-state index in [1.807, 2.05) is 0 Å². The highest BCUT2D eigenvalue weighted by atomic mass is 19.3. The largest absolute Gasteiger partial charge is 0.373 e. The van der Waals surface area contributed by atoms with Gasteiger partial charge in [-0.25, -0.2) is 8.78 Å². The van der Waals surface area contributed by atoms with Crippen LogP contribution in [0.2, 0.25) is 0 Å². The molecule has 98 valence electrons. The zero-order chi connectivity index (χ0) is 13.1. The Morgan fingerprint density at radius 3 is 2.65 bits per heavy atom. The Bertz CT molecular complexity index is 356. The van der Waals surface area contributed by atoms with Crippen molar-refractivity contribution in [2.45, 2.75) is 18.4 Å². The lowest BCUT2D eigenvalue weighted by Crippen LogP contribution is -2.33. The molecule has 0 saturated carbocycles. The Kier molecular flexibility index (Phi) is 4.47. The van der Waals surface area contributed by atoms with Crippen LogP contribution in [0.4, 0.5) is 17.6 Å². The summed E-state index contributed by atoms with van der Waals surface area (Å²) in [6, 6.07) is -0.669. The molecule has 2 N–H and O–H groups in total. The lowest BCUT2D eigenvalue weighted by atomic mass is 10.2. The van der Waals surface area contributed by atoms with E-state index in [1.165, 1.54) is 10.9 Å². The van der Waals surface area contributed by atoms with E-state index in [4.69, 9.17) is 5.73 Å². The average molecular weight is 255 g/mol. The predicted molar refractivity (Wildman–Crippen MR) is 51.9 cm³/mol. The van der Waals surface area contributed by atoms with Gasteiger partial charge in [-0.1, -0.05) is 0 Å². The molecule has 0 spiro atoms. The summed E-state index contributed by atoms with van der Waals surface area (Å²) in [5.41, 5.74) is 6.19. The monoisotopic (exact) mass is 255 g/mol. The van der Waals surface area contributed by atoms with Gasteiger partial charge in [0.25, 0.3) is 0 Å². The molecule has 0 fully saturated rings. The topological polar surface area (TPSA) is 53.1 Å². The lowest BCUT2D eigenvalue weighted by molar-refractivity contribution is -0.166. The summed E-state index contributed by atoms with van der Waals surface area (Å²) in [6.45, 7) is -1.62. The molecule has 1 aromatic rings. The van der Waals surface area contributed by atoms with Gasteiger partial charge in [-0.15, -0.1) is 0 Å². The molecule has 0 aromatic carbocycles. The van der Waals surface area contributed by atoms with Crippen molar-refractivity contribution in [3.63, 3.8) is 0 Å². The number of ether oxygens (including phenoxy) is 1. The molecular formula is C9H13F4N3O. The Morgan fingerprint density at radius 2 is 2.18 bits per heavy atom. The molecule has 0 radical (unpaired) electrons. The molecule has 1 rings (SSSR count). The Morgan fingerprint density at radius 1 is 1.53 bits per heavy atom. The maximum Gasteiger partial charge on any atom is 0.330 e. The van der Waals surface area contributed by atoms with Crippen molar-refractivity contribution in [2.75, 3.05) is 13.2 Å². The van der Waals surface area contributed by atoms with Crippen molar-refractivity contribution in [3.8, 4) is 0 Å². The van der Waals surface area contributed by atoms with E-state index in [0.29, 0.717) is 5.56 Å². The highest BCUT2D eigenvalue weighted by Gasteiger charge is 2.41. The lowest BCUT2D eigenvalue weighted by Gasteiger charge is -2.16. The maximum atomic E-state index is 12.5. The fraction of sp³-hybridized carbons (Fsp3) is 0.667.